The van der Waals surface area contributed by atoms with Crippen molar-refractivity contribution >= 4 is 29.1 Å². The number of halogens is 2. The number of nitrogens with one attached hydrogen (secondary N) is 1. The van der Waals surface area contributed by atoms with Crippen molar-refractivity contribution in [2.45, 2.75) is 32.1 Å². The summed E-state index contributed by atoms with van der Waals surface area (Å²) >= 11 is 11.9. The highest BCUT2D eigenvalue weighted by molar-refractivity contribution is 6.43. The van der Waals surface area contributed by atoms with E-state index in [-0.39, 0.29) is 5.91 Å². The molecular weight excluding hydrogens is 281 g/mol. The number of carbonyl (C=O) groups is 1. The van der Waals surface area contributed by atoms with Crippen molar-refractivity contribution in [1.29, 1.82) is 0 Å². The number of amides is 1. The van der Waals surface area contributed by atoms with Crippen molar-refractivity contribution in [3.8, 4) is 0 Å². The Balaban J connectivity index is 1.87. The molecule has 1 aromatic rings. The number of hydrogen-bond acceptors (Lipinski definition) is 1. The summed E-state index contributed by atoms with van der Waals surface area (Å²) in [4.78, 5) is 12.0. The molecule has 19 heavy (non-hydrogen) atoms. The highest BCUT2D eigenvalue weighted by Gasteiger charge is 2.12. The predicted octanol–water partition coefficient (Wildman–Crippen LogP) is 4.61. The topological polar surface area (TPSA) is 29.1 Å². The lowest BCUT2D eigenvalue weighted by Gasteiger charge is -2.13. The first-order chi connectivity index (χ1) is 9.18. The Morgan fingerprint density at radius 2 is 2.11 bits per heavy atom. The summed E-state index contributed by atoms with van der Waals surface area (Å²) < 4.78 is 0. The van der Waals surface area contributed by atoms with E-state index in [9.17, 15) is 4.79 Å². The second-order valence-electron chi connectivity index (χ2n) is 4.72. The third-order valence-electron chi connectivity index (χ3n) is 3.31. The van der Waals surface area contributed by atoms with Gasteiger partial charge in [-0.1, -0.05) is 40.9 Å². The summed E-state index contributed by atoms with van der Waals surface area (Å²) in [5.74, 6) is -0.163. The van der Waals surface area contributed by atoms with Crippen LogP contribution in [0, 0.1) is 0 Å². The van der Waals surface area contributed by atoms with Gasteiger partial charge >= 0.3 is 0 Å². The van der Waals surface area contributed by atoms with Gasteiger partial charge in [-0.05, 0) is 44.2 Å². The minimum absolute atomic E-state index is 0.163. The first kappa shape index (κ1) is 14.4. The molecule has 4 heteroatoms. The summed E-state index contributed by atoms with van der Waals surface area (Å²) in [6.45, 7) is 0.646. The van der Waals surface area contributed by atoms with E-state index in [0.717, 1.165) is 12.8 Å². The highest BCUT2D eigenvalue weighted by Crippen LogP contribution is 2.25. The van der Waals surface area contributed by atoms with E-state index in [1.54, 1.807) is 18.2 Å². The molecule has 0 bridgehead atoms. The van der Waals surface area contributed by atoms with Crippen molar-refractivity contribution in [2.24, 2.45) is 0 Å². The summed E-state index contributed by atoms with van der Waals surface area (Å²) in [6, 6.07) is 5.09. The molecule has 102 valence electrons. The number of hydrogen-bond donors (Lipinski definition) is 1. The Kier molecular flexibility index (Phi) is 5.29. The van der Waals surface area contributed by atoms with Gasteiger partial charge in [0.2, 0.25) is 0 Å². The van der Waals surface area contributed by atoms with E-state index in [1.165, 1.54) is 24.8 Å². The molecule has 0 saturated carbocycles. The molecule has 0 radical (unpaired) electrons. The number of carbonyl (C=O) groups excluding carboxylic acids is 1. The van der Waals surface area contributed by atoms with Gasteiger partial charge in [-0.2, -0.15) is 0 Å². The van der Waals surface area contributed by atoms with Crippen LogP contribution in [0.2, 0.25) is 10.0 Å². The van der Waals surface area contributed by atoms with Gasteiger partial charge in [-0.3, -0.25) is 4.79 Å². The Hall–Kier alpha value is -0.990. The molecular formula is C15H17Cl2NO. The lowest BCUT2D eigenvalue weighted by molar-refractivity contribution is 0.0954. The molecule has 1 aliphatic carbocycles. The lowest BCUT2D eigenvalue weighted by atomic mass is 9.97. The van der Waals surface area contributed by atoms with Crippen LogP contribution < -0.4 is 5.32 Å². The quantitative estimate of drug-likeness (QED) is 0.808. The fraction of sp³-hybridized carbons (Fsp3) is 0.400. The van der Waals surface area contributed by atoms with Crippen LogP contribution in [0.25, 0.3) is 0 Å². The third-order valence-corrected chi connectivity index (χ3v) is 4.13. The van der Waals surface area contributed by atoms with E-state index >= 15 is 0 Å². The molecule has 2 rings (SSSR count). The zero-order valence-electron chi connectivity index (χ0n) is 10.7. The monoisotopic (exact) mass is 297 g/mol. The fourth-order valence-electron chi connectivity index (χ4n) is 2.24. The van der Waals surface area contributed by atoms with Gasteiger partial charge in [0.1, 0.15) is 0 Å². The molecule has 0 spiro atoms. The van der Waals surface area contributed by atoms with Crippen molar-refractivity contribution in [2.75, 3.05) is 6.54 Å². The number of rotatable bonds is 4. The maximum absolute atomic E-state index is 12.0. The Morgan fingerprint density at radius 3 is 2.84 bits per heavy atom. The molecule has 1 aliphatic rings. The first-order valence-corrected chi connectivity index (χ1v) is 7.34. The van der Waals surface area contributed by atoms with Crippen LogP contribution in [0.5, 0.6) is 0 Å². The molecule has 1 aromatic carbocycles. The van der Waals surface area contributed by atoms with E-state index < -0.39 is 0 Å². The second kappa shape index (κ2) is 6.97. The van der Waals surface area contributed by atoms with E-state index in [1.807, 2.05) is 0 Å². The SMILES string of the molecule is O=C(NCCC1=CCCCC1)c1cccc(Cl)c1Cl. The van der Waals surface area contributed by atoms with Crippen LogP contribution >= 0.6 is 23.2 Å². The van der Waals surface area contributed by atoms with Crippen molar-refractivity contribution in [1.82, 2.24) is 5.32 Å². The van der Waals surface area contributed by atoms with Crippen molar-refractivity contribution < 1.29 is 4.79 Å². The molecule has 2 nitrogen and oxygen atoms in total. The summed E-state index contributed by atoms with van der Waals surface area (Å²) in [5.41, 5.74) is 1.88. The van der Waals surface area contributed by atoms with Crippen LogP contribution in [0.1, 0.15) is 42.5 Å². The summed E-state index contributed by atoms with van der Waals surface area (Å²) in [6.07, 6.45) is 8.09. The molecule has 0 atom stereocenters. The van der Waals surface area contributed by atoms with E-state index in [0.29, 0.717) is 22.2 Å². The minimum atomic E-state index is -0.163. The number of allylic oxidation sites excluding steroid dienone is 1. The van der Waals surface area contributed by atoms with Gasteiger partial charge in [0, 0.05) is 6.54 Å². The van der Waals surface area contributed by atoms with Gasteiger partial charge in [0.25, 0.3) is 5.91 Å². The standard InChI is InChI=1S/C15H17Cl2NO/c16-13-8-4-7-12(14(13)17)15(19)18-10-9-11-5-2-1-3-6-11/h4-5,7-8H,1-3,6,9-10H2,(H,18,19). The van der Waals surface area contributed by atoms with Crippen LogP contribution in [0.4, 0.5) is 0 Å². The van der Waals surface area contributed by atoms with Crippen LogP contribution in [0.15, 0.2) is 29.8 Å². The third kappa shape index (κ3) is 3.99. The Labute approximate surface area is 123 Å². The van der Waals surface area contributed by atoms with Crippen LogP contribution in [-0.4, -0.2) is 12.5 Å². The fourth-order valence-corrected chi connectivity index (χ4v) is 2.63. The maximum atomic E-state index is 12.0. The molecule has 0 aromatic heterocycles. The Bertz CT molecular complexity index is 497. The largest absolute Gasteiger partial charge is 0.352 e. The predicted molar refractivity (Wildman–Crippen MR) is 80.0 cm³/mol. The second-order valence-corrected chi connectivity index (χ2v) is 5.50. The van der Waals surface area contributed by atoms with Gasteiger partial charge < -0.3 is 5.32 Å². The average molecular weight is 298 g/mol. The minimum Gasteiger partial charge on any atom is -0.352 e. The molecule has 1 N–H and O–H groups in total. The molecule has 0 saturated heterocycles. The van der Waals surface area contributed by atoms with E-state index in [4.69, 9.17) is 23.2 Å². The lowest BCUT2D eigenvalue weighted by Crippen LogP contribution is -2.25. The van der Waals surface area contributed by atoms with Gasteiger partial charge in [0.05, 0.1) is 15.6 Å². The summed E-state index contributed by atoms with van der Waals surface area (Å²) in [5, 5.41) is 3.62. The highest BCUT2D eigenvalue weighted by atomic mass is 35.5. The first-order valence-electron chi connectivity index (χ1n) is 6.58. The zero-order valence-corrected chi connectivity index (χ0v) is 12.2. The molecule has 0 heterocycles. The van der Waals surface area contributed by atoms with Gasteiger partial charge in [0.15, 0.2) is 0 Å². The van der Waals surface area contributed by atoms with Gasteiger partial charge in [-0.15, -0.1) is 0 Å². The molecule has 0 fully saturated rings. The normalized spacial score (nSPS) is 14.9. The average Bonchev–Trinajstić information content (AvgIpc) is 2.43. The van der Waals surface area contributed by atoms with Crippen LogP contribution in [0.3, 0.4) is 0 Å². The maximum Gasteiger partial charge on any atom is 0.252 e. The van der Waals surface area contributed by atoms with Gasteiger partial charge in [-0.25, -0.2) is 0 Å². The smallest absolute Gasteiger partial charge is 0.252 e. The Morgan fingerprint density at radius 1 is 1.26 bits per heavy atom. The zero-order chi connectivity index (χ0) is 13.7. The van der Waals surface area contributed by atoms with Crippen LogP contribution in [-0.2, 0) is 0 Å². The van der Waals surface area contributed by atoms with Crippen molar-refractivity contribution in [3.05, 3.63) is 45.5 Å². The number of benzene rings is 1. The molecule has 0 aliphatic heterocycles. The molecule has 1 amide bonds. The van der Waals surface area contributed by atoms with Crippen molar-refractivity contribution in [3.63, 3.8) is 0 Å². The summed E-state index contributed by atoms with van der Waals surface area (Å²) in [7, 11) is 0. The van der Waals surface area contributed by atoms with E-state index in [2.05, 4.69) is 11.4 Å². The molecule has 0 unspecified atom stereocenters.